The number of nitrogens with one attached hydrogen (secondary N) is 1. The van der Waals surface area contributed by atoms with Crippen molar-refractivity contribution in [3.05, 3.63) is 80.8 Å². The van der Waals surface area contributed by atoms with Crippen molar-refractivity contribution in [1.29, 1.82) is 0 Å². The fourth-order valence-corrected chi connectivity index (χ4v) is 6.09. The van der Waals surface area contributed by atoms with E-state index in [4.69, 9.17) is 0 Å². The maximum Gasteiger partial charge on any atom is 0.332 e. The molecule has 0 unspecified atom stereocenters. The lowest BCUT2D eigenvalue weighted by molar-refractivity contribution is -0.117. The van der Waals surface area contributed by atoms with Crippen LogP contribution in [0.1, 0.15) is 36.8 Å². The number of sulfone groups is 1. The fraction of sp³-hybridized carbons (Fsp3) is 0.379. The molecule has 2 aliphatic carbocycles. The molecule has 0 bridgehead atoms. The average Bonchev–Trinajstić information content (AvgIpc) is 3.84. The van der Waals surface area contributed by atoms with Gasteiger partial charge in [-0.05, 0) is 73.4 Å². The van der Waals surface area contributed by atoms with Gasteiger partial charge in [0.1, 0.15) is 0 Å². The maximum atomic E-state index is 13.1. The molecule has 2 saturated carbocycles. The first kappa shape index (κ1) is 27.0. The van der Waals surface area contributed by atoms with Gasteiger partial charge in [-0.25, -0.2) is 13.2 Å². The summed E-state index contributed by atoms with van der Waals surface area (Å²) in [5.41, 5.74) is 3.40. The Bertz CT molecular complexity index is 1920. The van der Waals surface area contributed by atoms with E-state index >= 15 is 0 Å². The minimum atomic E-state index is -3.74. The number of amides is 1. The third kappa shape index (κ3) is 5.19. The van der Waals surface area contributed by atoms with E-state index in [-0.39, 0.29) is 34.7 Å². The van der Waals surface area contributed by atoms with Gasteiger partial charge in [0, 0.05) is 50.0 Å². The van der Waals surface area contributed by atoms with E-state index in [9.17, 15) is 22.8 Å². The summed E-state index contributed by atoms with van der Waals surface area (Å²) in [5.74, 6) is 0.672. The number of benzene rings is 1. The highest BCUT2D eigenvalue weighted by atomic mass is 32.2. The average molecular weight is 577 g/mol. The Morgan fingerprint density at radius 2 is 1.76 bits per heavy atom. The largest absolute Gasteiger partial charge is 0.332 e. The van der Waals surface area contributed by atoms with Crippen molar-refractivity contribution < 1.29 is 13.2 Å². The highest BCUT2D eigenvalue weighted by Gasteiger charge is 2.30. The minimum Gasteiger partial charge on any atom is -0.326 e. The van der Waals surface area contributed by atoms with Crippen LogP contribution in [0.4, 0.5) is 5.69 Å². The van der Waals surface area contributed by atoms with E-state index in [1.54, 1.807) is 0 Å². The van der Waals surface area contributed by atoms with E-state index in [0.717, 1.165) is 52.6 Å². The summed E-state index contributed by atoms with van der Waals surface area (Å²) in [7, 11) is -0.934. The topological polar surface area (TPSA) is 130 Å². The number of allylic oxidation sites excluding steroid dienone is 1. The number of nitrogens with zero attached hydrogens (tertiary/aromatic N) is 5. The monoisotopic (exact) mass is 576 g/mol. The smallest absolute Gasteiger partial charge is 0.326 e. The number of aryl methyl sites for hydroxylation is 1. The number of fused-ring (bicyclic) bond motifs is 1. The van der Waals surface area contributed by atoms with Crippen molar-refractivity contribution in [1.82, 2.24) is 23.3 Å². The van der Waals surface area contributed by atoms with Gasteiger partial charge in [0.15, 0.2) is 11.2 Å². The molecule has 214 valence electrons. The number of hydrogen-bond donors (Lipinski definition) is 1. The molecule has 1 aromatic carbocycles. The zero-order valence-corrected chi connectivity index (χ0v) is 24.1. The molecule has 0 spiro atoms. The summed E-state index contributed by atoms with van der Waals surface area (Å²) in [6, 6.07) is 7.84. The van der Waals surface area contributed by atoms with Gasteiger partial charge in [0.2, 0.25) is 20.9 Å². The Morgan fingerprint density at radius 3 is 2.41 bits per heavy atom. The predicted octanol–water partition coefficient (Wildman–Crippen LogP) is 2.53. The van der Waals surface area contributed by atoms with Crippen LogP contribution in [-0.4, -0.2) is 43.8 Å². The molecule has 12 heteroatoms. The van der Waals surface area contributed by atoms with Crippen LogP contribution >= 0.6 is 0 Å². The van der Waals surface area contributed by atoms with Crippen LogP contribution in [-0.2, 0) is 41.7 Å². The highest BCUT2D eigenvalue weighted by molar-refractivity contribution is 7.90. The number of rotatable bonds is 9. The molecule has 2 fully saturated rings. The molecule has 6 rings (SSSR count). The van der Waals surface area contributed by atoms with Crippen LogP contribution in [0.15, 0.2) is 63.6 Å². The summed E-state index contributed by atoms with van der Waals surface area (Å²) < 4.78 is 30.0. The van der Waals surface area contributed by atoms with E-state index < -0.39 is 21.1 Å². The van der Waals surface area contributed by atoms with Gasteiger partial charge in [-0.3, -0.25) is 18.7 Å². The lowest BCUT2D eigenvalue weighted by atomic mass is 10.0. The molecule has 2 aliphatic rings. The molecule has 3 heterocycles. The first-order valence-corrected chi connectivity index (χ1v) is 15.5. The van der Waals surface area contributed by atoms with Gasteiger partial charge in [-0.1, -0.05) is 12.2 Å². The van der Waals surface area contributed by atoms with E-state index in [1.807, 2.05) is 35.2 Å². The quantitative estimate of drug-likeness (QED) is 0.305. The Labute approximate surface area is 236 Å². The van der Waals surface area contributed by atoms with Gasteiger partial charge < -0.3 is 14.5 Å². The number of anilines is 1. The fourth-order valence-electron chi connectivity index (χ4n) is 5.25. The normalized spacial score (nSPS) is 15.4. The number of aromatic nitrogens is 5. The van der Waals surface area contributed by atoms with E-state index in [1.165, 1.54) is 41.6 Å². The van der Waals surface area contributed by atoms with Crippen molar-refractivity contribution in [3.8, 4) is 5.69 Å². The van der Waals surface area contributed by atoms with Gasteiger partial charge in [0.05, 0.1) is 6.54 Å². The summed E-state index contributed by atoms with van der Waals surface area (Å²) >= 11 is 0. The van der Waals surface area contributed by atoms with Gasteiger partial charge in [-0.15, -0.1) is 0 Å². The van der Waals surface area contributed by atoms with Crippen molar-refractivity contribution in [2.75, 3.05) is 11.6 Å². The molecule has 3 aromatic heterocycles. The Balaban J connectivity index is 1.37. The van der Waals surface area contributed by atoms with Crippen molar-refractivity contribution in [2.24, 2.45) is 25.9 Å². The first-order valence-electron chi connectivity index (χ1n) is 13.6. The lowest BCUT2D eigenvalue weighted by Gasteiger charge is -2.13. The molecule has 1 N–H and O–H groups in total. The van der Waals surface area contributed by atoms with Crippen LogP contribution < -0.4 is 16.6 Å². The summed E-state index contributed by atoms with van der Waals surface area (Å²) in [4.78, 5) is 42.7. The minimum absolute atomic E-state index is 0.0134. The summed E-state index contributed by atoms with van der Waals surface area (Å²) in [6.07, 6.45) is 9.64. The van der Waals surface area contributed by atoms with Gasteiger partial charge in [0.25, 0.3) is 5.56 Å². The Kier molecular flexibility index (Phi) is 6.40. The SMILES string of the molecule is C=C(Cc1cc(NC(=O)C2CC2)cc(-n2ccc(Cn3c(=O)n(C)c(=O)c4c3nc(S(C)(=O)=O)n4C)c2)c1)C1CC1. The summed E-state index contributed by atoms with van der Waals surface area (Å²) in [5, 5.41) is 2.77. The third-order valence-corrected chi connectivity index (χ3v) is 8.85. The van der Waals surface area contributed by atoms with E-state index in [0.29, 0.717) is 5.92 Å². The van der Waals surface area contributed by atoms with Crippen molar-refractivity contribution in [2.45, 2.75) is 43.8 Å². The van der Waals surface area contributed by atoms with E-state index in [2.05, 4.69) is 22.9 Å². The van der Waals surface area contributed by atoms with Crippen LogP contribution in [0, 0.1) is 11.8 Å². The van der Waals surface area contributed by atoms with Crippen LogP contribution in [0.2, 0.25) is 0 Å². The number of carbonyl (C=O) groups is 1. The van der Waals surface area contributed by atoms with Crippen LogP contribution in [0.5, 0.6) is 0 Å². The lowest BCUT2D eigenvalue weighted by Crippen LogP contribution is -2.38. The molecule has 0 aliphatic heterocycles. The van der Waals surface area contributed by atoms with Gasteiger partial charge >= 0.3 is 5.69 Å². The molecular formula is C29H32N6O5S. The molecule has 1 amide bonds. The Morgan fingerprint density at radius 1 is 1.05 bits per heavy atom. The zero-order valence-electron chi connectivity index (χ0n) is 23.3. The standard InChI is InChI=1S/C29H32N6O5S/c1-17(20-5-6-20)11-19-12-22(30-26(36)21-7-8-21)14-23(13-19)34-10-9-18(15-34)16-35-25-24(27(37)33(3)29(35)38)32(2)28(31-25)41(4,39)40/h9-10,12-15,20-21H,1,5-8,11,16H2,2-4H3,(H,30,36). The Hall–Kier alpha value is -4.19. The second-order valence-electron chi connectivity index (χ2n) is 11.3. The molecule has 11 nitrogen and oxygen atoms in total. The first-order chi connectivity index (χ1) is 19.4. The predicted molar refractivity (Wildman–Crippen MR) is 155 cm³/mol. The second kappa shape index (κ2) is 9.72. The van der Waals surface area contributed by atoms with Crippen LogP contribution in [0.3, 0.4) is 0 Å². The molecule has 41 heavy (non-hydrogen) atoms. The van der Waals surface area contributed by atoms with Crippen molar-refractivity contribution >= 4 is 32.6 Å². The van der Waals surface area contributed by atoms with Crippen molar-refractivity contribution in [3.63, 3.8) is 0 Å². The number of imidazole rings is 1. The van der Waals surface area contributed by atoms with Gasteiger partial charge in [-0.2, -0.15) is 4.98 Å². The number of hydrogen-bond acceptors (Lipinski definition) is 6. The molecule has 0 atom stereocenters. The number of carbonyl (C=O) groups excluding carboxylic acids is 1. The van der Waals surface area contributed by atoms with Crippen LogP contribution in [0.25, 0.3) is 16.9 Å². The zero-order chi connectivity index (χ0) is 29.2. The molecular weight excluding hydrogens is 544 g/mol. The second-order valence-corrected chi connectivity index (χ2v) is 13.2. The highest BCUT2D eigenvalue weighted by Crippen LogP contribution is 2.37. The third-order valence-electron chi connectivity index (χ3n) is 7.82. The molecule has 4 aromatic rings. The maximum absolute atomic E-state index is 13.1. The summed E-state index contributed by atoms with van der Waals surface area (Å²) in [6.45, 7) is 4.34. The molecule has 0 saturated heterocycles. The molecule has 0 radical (unpaired) electrons.